The smallest absolute Gasteiger partial charge is 0.302 e. The fourth-order valence-corrected chi connectivity index (χ4v) is 4.50. The van der Waals surface area contributed by atoms with Gasteiger partial charge >= 0.3 is 5.97 Å². The van der Waals surface area contributed by atoms with Gasteiger partial charge in [-0.1, -0.05) is 25.1 Å². The Bertz CT molecular complexity index is 977. The third-order valence-corrected chi connectivity index (χ3v) is 6.53. The minimum atomic E-state index is -0.805. The normalized spacial score (nSPS) is 19.9. The highest BCUT2D eigenvalue weighted by molar-refractivity contribution is 8.16. The van der Waals surface area contributed by atoms with Crippen molar-refractivity contribution in [1.29, 1.82) is 0 Å². The maximum atomic E-state index is 12.1. The van der Waals surface area contributed by atoms with Gasteiger partial charge in [0, 0.05) is 13.1 Å². The van der Waals surface area contributed by atoms with Gasteiger partial charge in [0.05, 0.1) is 11.6 Å². The van der Waals surface area contributed by atoms with E-state index in [-0.39, 0.29) is 29.6 Å². The monoisotopic (exact) mass is 456 g/mol. The number of aromatic nitrogens is 1. The zero-order chi connectivity index (χ0) is 23.3. The first kappa shape index (κ1) is 23.8. The number of hydrogen-bond acceptors (Lipinski definition) is 7. The third-order valence-electron chi connectivity index (χ3n) is 5.46. The lowest BCUT2D eigenvalue weighted by molar-refractivity contribution is -0.146. The van der Waals surface area contributed by atoms with Crippen molar-refractivity contribution in [3.8, 4) is 5.75 Å². The number of benzene rings is 1. The molecule has 1 fully saturated rings. The Balaban J connectivity index is 1.67. The highest BCUT2D eigenvalue weighted by Gasteiger charge is 2.43. The number of pyridine rings is 1. The molecular formula is C24H28N2O5S. The van der Waals surface area contributed by atoms with Crippen LogP contribution in [0.15, 0.2) is 42.6 Å². The number of carbonyl (C=O) groups excluding carboxylic acids is 3. The fourth-order valence-electron chi connectivity index (χ4n) is 3.57. The summed E-state index contributed by atoms with van der Waals surface area (Å²) in [4.78, 5) is 39.6. The lowest BCUT2D eigenvalue weighted by atomic mass is 9.98. The molecule has 1 saturated heterocycles. The molecule has 2 amide bonds. The summed E-state index contributed by atoms with van der Waals surface area (Å²) in [6.07, 6.45) is 2.77. The van der Waals surface area contributed by atoms with Crippen LogP contribution in [0.2, 0.25) is 0 Å². The van der Waals surface area contributed by atoms with Crippen LogP contribution in [0.5, 0.6) is 5.75 Å². The largest absolute Gasteiger partial charge is 0.493 e. The van der Waals surface area contributed by atoms with Gasteiger partial charge in [-0.3, -0.25) is 24.7 Å². The van der Waals surface area contributed by atoms with E-state index in [0.29, 0.717) is 12.2 Å². The Hall–Kier alpha value is -2.87. The summed E-state index contributed by atoms with van der Waals surface area (Å²) in [5.41, 5.74) is 2.86. The second-order valence-corrected chi connectivity index (χ2v) is 9.55. The maximum absolute atomic E-state index is 12.1. The van der Waals surface area contributed by atoms with E-state index in [1.165, 1.54) is 6.92 Å². The van der Waals surface area contributed by atoms with Crippen molar-refractivity contribution in [3.05, 3.63) is 59.4 Å². The van der Waals surface area contributed by atoms with E-state index < -0.39 is 10.9 Å². The third kappa shape index (κ3) is 5.88. The topological polar surface area (TPSA) is 94.6 Å². The van der Waals surface area contributed by atoms with Crippen LogP contribution in [0.1, 0.15) is 50.4 Å². The number of rotatable bonds is 9. The van der Waals surface area contributed by atoms with Crippen LogP contribution in [0.4, 0.5) is 4.79 Å². The number of nitrogens with one attached hydrogen (secondary N) is 1. The van der Waals surface area contributed by atoms with Gasteiger partial charge in [-0.2, -0.15) is 0 Å². The van der Waals surface area contributed by atoms with Gasteiger partial charge in [-0.15, -0.1) is 0 Å². The average molecular weight is 457 g/mol. The summed E-state index contributed by atoms with van der Waals surface area (Å²) in [7, 11) is 0. The Morgan fingerprint density at radius 1 is 1.16 bits per heavy atom. The highest BCUT2D eigenvalue weighted by atomic mass is 32.2. The zero-order valence-electron chi connectivity index (χ0n) is 18.7. The second-order valence-electron chi connectivity index (χ2n) is 8.07. The second kappa shape index (κ2) is 10.2. The molecule has 0 aliphatic carbocycles. The molecule has 2 aromatic rings. The lowest BCUT2D eigenvalue weighted by Gasteiger charge is -2.24. The molecule has 0 radical (unpaired) electrons. The van der Waals surface area contributed by atoms with Crippen molar-refractivity contribution in [2.45, 2.75) is 57.3 Å². The molecule has 1 aromatic carbocycles. The minimum Gasteiger partial charge on any atom is -0.493 e. The first-order chi connectivity index (χ1) is 15.2. The number of nitrogens with zero attached hydrogens (tertiary/aromatic N) is 1. The molecule has 1 aliphatic heterocycles. The predicted octanol–water partition coefficient (Wildman–Crippen LogP) is 4.04. The van der Waals surface area contributed by atoms with Crippen LogP contribution in [0.25, 0.3) is 0 Å². The van der Waals surface area contributed by atoms with Gasteiger partial charge in [-0.25, -0.2) is 0 Å². The van der Waals surface area contributed by atoms with Crippen molar-refractivity contribution < 1.29 is 23.9 Å². The van der Waals surface area contributed by atoms with Crippen LogP contribution in [-0.2, 0) is 27.2 Å². The van der Waals surface area contributed by atoms with Crippen LogP contribution in [-0.4, -0.2) is 39.6 Å². The van der Waals surface area contributed by atoms with Crippen LogP contribution in [0.3, 0.4) is 0 Å². The summed E-state index contributed by atoms with van der Waals surface area (Å²) in [6.45, 7) is 7.34. The molecule has 1 aromatic heterocycles. The van der Waals surface area contributed by atoms with Gasteiger partial charge in [0.1, 0.15) is 23.2 Å². The molecular weight excluding hydrogens is 428 g/mol. The zero-order valence-corrected chi connectivity index (χ0v) is 19.5. The molecule has 0 bridgehead atoms. The van der Waals surface area contributed by atoms with Crippen molar-refractivity contribution in [2.75, 3.05) is 6.61 Å². The molecule has 7 nitrogen and oxygen atoms in total. The number of thioether (sulfide) groups is 1. The fraction of sp³-hybridized carbons (Fsp3) is 0.417. The van der Waals surface area contributed by atoms with E-state index in [0.717, 1.165) is 35.0 Å². The number of esters is 1. The predicted molar refractivity (Wildman–Crippen MR) is 123 cm³/mol. The Morgan fingerprint density at radius 3 is 2.38 bits per heavy atom. The van der Waals surface area contributed by atoms with E-state index in [9.17, 15) is 14.4 Å². The number of hydrogen-bond donors (Lipinski definition) is 1. The summed E-state index contributed by atoms with van der Waals surface area (Å²) in [5, 5.41) is 2.02. The van der Waals surface area contributed by atoms with Gasteiger partial charge in [0.25, 0.3) is 5.24 Å². The number of amides is 2. The van der Waals surface area contributed by atoms with E-state index in [1.54, 1.807) is 6.92 Å². The quantitative estimate of drug-likeness (QED) is 0.569. The SMILES string of the molecule is CCc1ccc(C(COc2ccc(CC3(C)SC(=O)NC3=O)cc2)C(C)OC(C)=O)nc1. The summed E-state index contributed by atoms with van der Waals surface area (Å²) in [5.74, 6) is -0.189. The van der Waals surface area contributed by atoms with Crippen molar-refractivity contribution in [1.82, 2.24) is 10.3 Å². The molecule has 0 saturated carbocycles. The van der Waals surface area contributed by atoms with Crippen LogP contribution in [0, 0.1) is 0 Å². The van der Waals surface area contributed by atoms with E-state index in [2.05, 4.69) is 17.2 Å². The van der Waals surface area contributed by atoms with Gasteiger partial charge < -0.3 is 9.47 Å². The first-order valence-electron chi connectivity index (χ1n) is 10.6. The first-order valence-corrected chi connectivity index (χ1v) is 11.4. The number of aryl methyl sites for hydroxylation is 1. The Kier molecular flexibility index (Phi) is 7.56. The Morgan fingerprint density at radius 2 is 1.84 bits per heavy atom. The summed E-state index contributed by atoms with van der Waals surface area (Å²) in [6, 6.07) is 11.4. The summed E-state index contributed by atoms with van der Waals surface area (Å²) < 4.78 is 10.6. The van der Waals surface area contributed by atoms with Crippen LogP contribution < -0.4 is 10.1 Å². The van der Waals surface area contributed by atoms with E-state index >= 15 is 0 Å². The molecule has 0 spiro atoms. The molecule has 8 heteroatoms. The van der Waals surface area contributed by atoms with Crippen LogP contribution >= 0.6 is 11.8 Å². The minimum absolute atomic E-state index is 0.229. The van der Waals surface area contributed by atoms with E-state index in [4.69, 9.17) is 9.47 Å². The molecule has 3 rings (SSSR count). The maximum Gasteiger partial charge on any atom is 0.302 e. The average Bonchev–Trinajstić information content (AvgIpc) is 3.00. The van der Waals surface area contributed by atoms with Gasteiger partial charge in [0.15, 0.2) is 0 Å². The van der Waals surface area contributed by atoms with Gasteiger partial charge in [0.2, 0.25) is 5.91 Å². The molecule has 32 heavy (non-hydrogen) atoms. The van der Waals surface area contributed by atoms with Crippen molar-refractivity contribution >= 4 is 28.9 Å². The molecule has 3 unspecified atom stereocenters. The lowest BCUT2D eigenvalue weighted by Crippen LogP contribution is -2.35. The number of ether oxygens (including phenoxy) is 2. The van der Waals surface area contributed by atoms with Crippen molar-refractivity contribution in [2.24, 2.45) is 0 Å². The summed E-state index contributed by atoms with van der Waals surface area (Å²) >= 11 is 1.02. The number of carbonyl (C=O) groups is 3. The molecule has 3 atom stereocenters. The van der Waals surface area contributed by atoms with Crippen molar-refractivity contribution in [3.63, 3.8) is 0 Å². The molecule has 1 N–H and O–H groups in total. The molecule has 170 valence electrons. The van der Waals surface area contributed by atoms with Gasteiger partial charge in [-0.05, 0) is 67.8 Å². The standard InChI is InChI=1S/C24H28N2O5S/c1-5-17-8-11-21(25-13-17)20(15(2)31-16(3)27)14-30-19-9-6-18(7-10-19)12-24(4)22(28)26-23(29)32-24/h6-11,13,15,20H,5,12,14H2,1-4H3,(H,26,28,29). The van der Waals surface area contributed by atoms with E-state index in [1.807, 2.05) is 49.5 Å². The molecule has 2 heterocycles. The highest BCUT2D eigenvalue weighted by Crippen LogP contribution is 2.35. The Labute approximate surface area is 192 Å². The number of imide groups is 1. The molecule has 1 aliphatic rings.